The maximum Gasteiger partial charge on any atom is 0.341 e. The summed E-state index contributed by atoms with van der Waals surface area (Å²) in [5, 5.41) is 13.7. The molecular weight excluding hydrogens is 244 g/mol. The van der Waals surface area contributed by atoms with Crippen LogP contribution in [0.3, 0.4) is 0 Å². The van der Waals surface area contributed by atoms with Crippen molar-refractivity contribution in [2.24, 2.45) is 0 Å². The molecule has 0 bridgehead atoms. The number of carboxylic acid groups (broad SMARTS) is 1. The van der Waals surface area contributed by atoms with Gasteiger partial charge < -0.3 is 14.6 Å². The van der Waals surface area contributed by atoms with Gasteiger partial charge in [-0.1, -0.05) is 17.3 Å². The molecule has 2 aromatic heterocycles. The van der Waals surface area contributed by atoms with E-state index < -0.39 is 5.97 Å². The first kappa shape index (κ1) is 11.5. The van der Waals surface area contributed by atoms with Gasteiger partial charge in [0.2, 0.25) is 0 Å². The Morgan fingerprint density at radius 1 is 1.37 bits per heavy atom. The molecule has 19 heavy (non-hydrogen) atoms. The molecule has 0 saturated heterocycles. The molecule has 0 aliphatic heterocycles. The first-order valence-corrected chi connectivity index (χ1v) is 5.85. The summed E-state index contributed by atoms with van der Waals surface area (Å²) >= 11 is 0. The van der Waals surface area contributed by atoms with Gasteiger partial charge in [-0.25, -0.2) is 4.79 Å². The van der Waals surface area contributed by atoms with Crippen molar-refractivity contribution in [3.8, 4) is 11.3 Å². The van der Waals surface area contributed by atoms with E-state index in [9.17, 15) is 4.79 Å². The fourth-order valence-corrected chi connectivity index (χ4v) is 2.31. The summed E-state index contributed by atoms with van der Waals surface area (Å²) in [6, 6.07) is 5.95. The van der Waals surface area contributed by atoms with E-state index >= 15 is 0 Å². The number of H-pyrrole nitrogens is 1. The summed E-state index contributed by atoms with van der Waals surface area (Å²) in [4.78, 5) is 14.4. The van der Waals surface area contributed by atoms with Crippen LogP contribution in [0.1, 0.15) is 21.6 Å². The molecule has 1 aromatic carbocycles. The zero-order chi connectivity index (χ0) is 13.6. The number of aryl methyl sites for hydroxylation is 2. The number of carbonyl (C=O) groups is 1. The molecule has 0 saturated carbocycles. The van der Waals surface area contributed by atoms with Crippen LogP contribution in [0, 0.1) is 13.8 Å². The van der Waals surface area contributed by atoms with E-state index in [1.807, 2.05) is 32.0 Å². The Morgan fingerprint density at radius 3 is 2.89 bits per heavy atom. The summed E-state index contributed by atoms with van der Waals surface area (Å²) in [5.74, 6) is -0.753. The number of hydrogen-bond donors (Lipinski definition) is 2. The van der Waals surface area contributed by atoms with Gasteiger partial charge in [-0.3, -0.25) is 0 Å². The smallest absolute Gasteiger partial charge is 0.341 e. The number of hydrogen-bond acceptors (Lipinski definition) is 3. The van der Waals surface area contributed by atoms with Crippen molar-refractivity contribution in [2.45, 2.75) is 13.8 Å². The van der Waals surface area contributed by atoms with Gasteiger partial charge in [-0.2, -0.15) is 0 Å². The van der Waals surface area contributed by atoms with Gasteiger partial charge in [0.05, 0.1) is 6.20 Å². The molecule has 0 amide bonds. The molecular formula is C14H12N2O3. The molecule has 2 N–H and O–H groups in total. The number of aromatic nitrogens is 2. The van der Waals surface area contributed by atoms with E-state index in [0.29, 0.717) is 5.76 Å². The third kappa shape index (κ3) is 1.71. The van der Waals surface area contributed by atoms with Crippen LogP contribution in [0.5, 0.6) is 0 Å². The van der Waals surface area contributed by atoms with Gasteiger partial charge in [-0.15, -0.1) is 0 Å². The van der Waals surface area contributed by atoms with Gasteiger partial charge in [0.25, 0.3) is 0 Å². The molecule has 0 unspecified atom stereocenters. The lowest BCUT2D eigenvalue weighted by atomic mass is 10.0. The standard InChI is InChI=1S/C14H12N2O3/c1-7-3-4-9-11(5-7)16-8(2)12(9)13-10(14(17)18)6-15-19-13/h3-6,16H,1-2H3,(H,17,18). The molecule has 0 spiro atoms. The van der Waals surface area contributed by atoms with Gasteiger partial charge in [-0.05, 0) is 25.5 Å². The van der Waals surface area contributed by atoms with Gasteiger partial charge in [0, 0.05) is 22.2 Å². The minimum Gasteiger partial charge on any atom is -0.477 e. The summed E-state index contributed by atoms with van der Waals surface area (Å²) in [5.41, 5.74) is 3.78. The fourth-order valence-electron chi connectivity index (χ4n) is 2.31. The van der Waals surface area contributed by atoms with Crippen molar-refractivity contribution < 1.29 is 14.4 Å². The number of nitrogens with one attached hydrogen (secondary N) is 1. The molecule has 96 valence electrons. The van der Waals surface area contributed by atoms with Crippen LogP contribution in [0.4, 0.5) is 0 Å². The zero-order valence-corrected chi connectivity index (χ0v) is 10.5. The highest BCUT2D eigenvalue weighted by Crippen LogP contribution is 2.34. The average Bonchev–Trinajstić information content (AvgIpc) is 2.91. The van der Waals surface area contributed by atoms with Crippen LogP contribution in [0.2, 0.25) is 0 Å². The quantitative estimate of drug-likeness (QED) is 0.738. The molecule has 5 heteroatoms. The number of nitrogens with zero attached hydrogens (tertiary/aromatic N) is 1. The maximum atomic E-state index is 11.2. The largest absolute Gasteiger partial charge is 0.477 e. The third-order valence-electron chi connectivity index (χ3n) is 3.17. The van der Waals surface area contributed by atoms with Crippen molar-refractivity contribution in [1.29, 1.82) is 0 Å². The fraction of sp³-hybridized carbons (Fsp3) is 0.143. The van der Waals surface area contributed by atoms with Crippen molar-refractivity contribution in [2.75, 3.05) is 0 Å². The number of fused-ring (bicyclic) bond motifs is 1. The zero-order valence-electron chi connectivity index (χ0n) is 10.5. The normalized spacial score (nSPS) is 11.1. The van der Waals surface area contributed by atoms with Gasteiger partial charge in [0.15, 0.2) is 5.76 Å². The van der Waals surface area contributed by atoms with Crippen LogP contribution < -0.4 is 0 Å². The lowest BCUT2D eigenvalue weighted by Gasteiger charge is -1.98. The number of carboxylic acids is 1. The highest BCUT2D eigenvalue weighted by Gasteiger charge is 2.21. The second-order valence-electron chi connectivity index (χ2n) is 4.55. The van der Waals surface area contributed by atoms with E-state index in [4.69, 9.17) is 9.63 Å². The molecule has 3 rings (SSSR count). The number of aromatic amines is 1. The van der Waals surface area contributed by atoms with Crippen LogP contribution in [0.15, 0.2) is 28.9 Å². The van der Waals surface area contributed by atoms with Crippen molar-refractivity contribution in [3.63, 3.8) is 0 Å². The van der Waals surface area contributed by atoms with Crippen LogP contribution in [-0.4, -0.2) is 21.2 Å². The lowest BCUT2D eigenvalue weighted by Crippen LogP contribution is -1.96. The number of rotatable bonds is 2. The van der Waals surface area contributed by atoms with E-state index in [2.05, 4.69) is 10.1 Å². The topological polar surface area (TPSA) is 79.1 Å². The predicted octanol–water partition coefficient (Wildman–Crippen LogP) is 3.14. The van der Waals surface area contributed by atoms with Crippen LogP contribution in [0.25, 0.3) is 22.2 Å². The second kappa shape index (κ2) is 3.98. The molecule has 0 aliphatic carbocycles. The Bertz CT molecular complexity index is 783. The Morgan fingerprint density at radius 2 is 2.16 bits per heavy atom. The molecule has 0 atom stereocenters. The summed E-state index contributed by atoms with van der Waals surface area (Å²) in [6.45, 7) is 3.89. The molecule has 0 aliphatic rings. The summed E-state index contributed by atoms with van der Waals surface area (Å²) in [7, 11) is 0. The predicted molar refractivity (Wildman–Crippen MR) is 70.2 cm³/mol. The highest BCUT2D eigenvalue weighted by molar-refractivity contribution is 6.02. The monoisotopic (exact) mass is 256 g/mol. The third-order valence-corrected chi connectivity index (χ3v) is 3.17. The van der Waals surface area contributed by atoms with E-state index in [0.717, 1.165) is 27.7 Å². The Kier molecular flexibility index (Phi) is 2.41. The Balaban J connectivity index is 2.33. The number of aromatic carboxylic acids is 1. The first-order chi connectivity index (χ1) is 9.08. The Hall–Kier alpha value is -2.56. The first-order valence-electron chi connectivity index (χ1n) is 5.85. The maximum absolute atomic E-state index is 11.2. The van der Waals surface area contributed by atoms with Gasteiger partial charge in [0.1, 0.15) is 5.56 Å². The molecule has 5 nitrogen and oxygen atoms in total. The molecule has 0 fully saturated rings. The Labute approximate surface area is 108 Å². The summed E-state index contributed by atoms with van der Waals surface area (Å²) in [6.07, 6.45) is 1.23. The van der Waals surface area contributed by atoms with Gasteiger partial charge >= 0.3 is 5.97 Å². The summed E-state index contributed by atoms with van der Waals surface area (Å²) < 4.78 is 5.14. The van der Waals surface area contributed by atoms with Crippen LogP contribution in [-0.2, 0) is 0 Å². The molecule has 3 aromatic rings. The van der Waals surface area contributed by atoms with E-state index in [-0.39, 0.29) is 5.56 Å². The van der Waals surface area contributed by atoms with Crippen molar-refractivity contribution in [3.05, 3.63) is 41.2 Å². The molecule has 0 radical (unpaired) electrons. The minimum absolute atomic E-state index is 0.0737. The van der Waals surface area contributed by atoms with E-state index in [1.165, 1.54) is 6.20 Å². The minimum atomic E-state index is -1.04. The number of benzene rings is 1. The molecule has 2 heterocycles. The van der Waals surface area contributed by atoms with E-state index in [1.54, 1.807) is 0 Å². The lowest BCUT2D eigenvalue weighted by molar-refractivity contribution is 0.0697. The van der Waals surface area contributed by atoms with Crippen molar-refractivity contribution >= 4 is 16.9 Å². The average molecular weight is 256 g/mol. The second-order valence-corrected chi connectivity index (χ2v) is 4.55. The SMILES string of the molecule is Cc1ccc2c(-c3oncc3C(=O)O)c(C)[nH]c2c1. The highest BCUT2D eigenvalue weighted by atomic mass is 16.5. The van der Waals surface area contributed by atoms with Crippen LogP contribution >= 0.6 is 0 Å². The van der Waals surface area contributed by atoms with Crippen molar-refractivity contribution in [1.82, 2.24) is 10.1 Å².